The van der Waals surface area contributed by atoms with Gasteiger partial charge in [-0.25, -0.2) is 14.4 Å². The van der Waals surface area contributed by atoms with Crippen LogP contribution in [0.3, 0.4) is 0 Å². The summed E-state index contributed by atoms with van der Waals surface area (Å²) in [6.45, 7) is 4.95. The van der Waals surface area contributed by atoms with Gasteiger partial charge in [0.1, 0.15) is 6.10 Å². The van der Waals surface area contributed by atoms with Crippen LogP contribution in [-0.2, 0) is 20.9 Å². The van der Waals surface area contributed by atoms with Gasteiger partial charge in [-0.15, -0.1) is 0 Å². The van der Waals surface area contributed by atoms with Crippen molar-refractivity contribution in [2.45, 2.75) is 32.4 Å². The Morgan fingerprint density at radius 2 is 1.53 bits per heavy atom. The molecule has 4 rings (SSSR count). The number of aryl methyl sites for hydroxylation is 1. The fourth-order valence-corrected chi connectivity index (χ4v) is 4.01. The lowest BCUT2D eigenvalue weighted by Crippen LogP contribution is -2.38. The Morgan fingerprint density at radius 1 is 0.889 bits per heavy atom. The molecule has 1 aliphatic heterocycles. The first-order valence-electron chi connectivity index (χ1n) is 11.7. The Morgan fingerprint density at radius 3 is 2.17 bits per heavy atom. The molecule has 36 heavy (non-hydrogen) atoms. The first-order valence-corrected chi connectivity index (χ1v) is 11.7. The number of carbonyl (C=O) groups excluding carboxylic acids is 1. The first-order chi connectivity index (χ1) is 17.3. The Labute approximate surface area is 210 Å². The minimum absolute atomic E-state index is 0.0392. The molecule has 1 saturated heterocycles. The van der Waals surface area contributed by atoms with Crippen LogP contribution >= 0.6 is 0 Å². The van der Waals surface area contributed by atoms with Crippen molar-refractivity contribution in [1.29, 1.82) is 0 Å². The van der Waals surface area contributed by atoms with Gasteiger partial charge in [-0.2, -0.15) is 0 Å². The molecule has 0 bridgehead atoms. The molecule has 1 fully saturated rings. The molecule has 188 valence electrons. The molecule has 0 aromatic heterocycles. The molecule has 1 heterocycles. The van der Waals surface area contributed by atoms with E-state index in [-0.39, 0.29) is 12.2 Å². The highest BCUT2D eigenvalue weighted by Crippen LogP contribution is 2.28. The number of nitrogens with one attached hydrogen (secondary N) is 1. The summed E-state index contributed by atoms with van der Waals surface area (Å²) < 4.78 is 5.73. The van der Waals surface area contributed by atoms with E-state index < -0.39 is 11.9 Å². The quantitative estimate of drug-likeness (QED) is 0.430. The van der Waals surface area contributed by atoms with Gasteiger partial charge in [-0.3, -0.25) is 10.2 Å². The van der Waals surface area contributed by atoms with Crippen molar-refractivity contribution in [3.63, 3.8) is 0 Å². The molecule has 1 amide bonds. The number of hydrogen-bond acceptors (Lipinski definition) is 5. The summed E-state index contributed by atoms with van der Waals surface area (Å²) in [6, 6.07) is 26.5. The van der Waals surface area contributed by atoms with E-state index in [0.29, 0.717) is 0 Å². The number of hydrogen-bond donors (Lipinski definition) is 3. The monoisotopic (exact) mass is 490 g/mol. The molecule has 3 aromatic carbocycles. The molecule has 0 radical (unpaired) electrons. The number of likely N-dealkylation sites (tertiary alicyclic amines) is 1. The summed E-state index contributed by atoms with van der Waals surface area (Å²) >= 11 is 0. The molecular weight excluding hydrogens is 460 g/mol. The number of piperidine rings is 1. The van der Waals surface area contributed by atoms with Gasteiger partial charge >= 0.3 is 18.0 Å². The third-order valence-electron chi connectivity index (χ3n) is 5.73. The molecule has 3 aromatic rings. The van der Waals surface area contributed by atoms with Crippen LogP contribution < -0.4 is 5.32 Å². The van der Waals surface area contributed by atoms with Crippen molar-refractivity contribution < 1.29 is 29.3 Å². The number of carboxylic acids is 2. The summed E-state index contributed by atoms with van der Waals surface area (Å²) in [6.07, 6.45) is 1.30. The highest BCUT2D eigenvalue weighted by Gasteiger charge is 2.23. The number of aliphatic carboxylic acids is 2. The topological polar surface area (TPSA) is 116 Å². The van der Waals surface area contributed by atoms with Crippen LogP contribution in [0.5, 0.6) is 0 Å². The lowest BCUT2D eigenvalue weighted by molar-refractivity contribution is -0.159. The molecule has 0 saturated carbocycles. The van der Waals surface area contributed by atoms with E-state index >= 15 is 0 Å². The lowest BCUT2D eigenvalue weighted by Gasteiger charge is -2.31. The zero-order valence-electron chi connectivity index (χ0n) is 20.1. The van der Waals surface area contributed by atoms with Crippen LogP contribution in [0.1, 0.15) is 24.0 Å². The van der Waals surface area contributed by atoms with Gasteiger partial charge in [0.05, 0.1) is 5.69 Å². The summed E-state index contributed by atoms with van der Waals surface area (Å²) in [7, 11) is 0. The maximum Gasteiger partial charge on any atom is 0.414 e. The number of rotatable bonds is 5. The van der Waals surface area contributed by atoms with E-state index in [2.05, 4.69) is 41.4 Å². The number of amides is 1. The van der Waals surface area contributed by atoms with Crippen LogP contribution in [0.2, 0.25) is 0 Å². The van der Waals surface area contributed by atoms with E-state index in [4.69, 9.17) is 24.5 Å². The van der Waals surface area contributed by atoms with Crippen LogP contribution in [0.4, 0.5) is 10.5 Å². The predicted octanol–water partition coefficient (Wildman–Crippen LogP) is 5.03. The molecule has 0 spiro atoms. The van der Waals surface area contributed by atoms with Crippen molar-refractivity contribution in [2.24, 2.45) is 0 Å². The van der Waals surface area contributed by atoms with Gasteiger partial charge in [0.15, 0.2) is 0 Å². The maximum absolute atomic E-state index is 12.5. The van der Waals surface area contributed by atoms with Crippen molar-refractivity contribution >= 4 is 23.7 Å². The smallest absolute Gasteiger partial charge is 0.414 e. The zero-order valence-corrected chi connectivity index (χ0v) is 20.1. The molecule has 0 unspecified atom stereocenters. The van der Waals surface area contributed by atoms with Gasteiger partial charge in [0.25, 0.3) is 0 Å². The highest BCUT2D eigenvalue weighted by molar-refractivity contribution is 6.27. The third kappa shape index (κ3) is 8.25. The summed E-state index contributed by atoms with van der Waals surface area (Å²) in [5, 5.41) is 17.7. The minimum Gasteiger partial charge on any atom is -0.473 e. The second kappa shape index (κ2) is 13.1. The van der Waals surface area contributed by atoms with Gasteiger partial charge in [-0.1, -0.05) is 78.4 Å². The lowest BCUT2D eigenvalue weighted by atomic mass is 10.0. The summed E-state index contributed by atoms with van der Waals surface area (Å²) in [4.78, 5) is 33.2. The van der Waals surface area contributed by atoms with Crippen LogP contribution in [0.15, 0.2) is 78.9 Å². The number of ether oxygens (including phenoxy) is 1. The minimum atomic E-state index is -1.82. The normalized spacial score (nSPS) is 13.7. The zero-order chi connectivity index (χ0) is 25.9. The van der Waals surface area contributed by atoms with E-state index in [9.17, 15) is 4.79 Å². The van der Waals surface area contributed by atoms with Gasteiger partial charge in [0, 0.05) is 25.2 Å². The SMILES string of the molecule is Cc1cccc(CN2CCC(OC(=O)Nc3ccccc3-c3ccccc3)CC2)c1.O=C(O)C(=O)O. The number of para-hydroxylation sites is 1. The molecule has 0 aliphatic carbocycles. The average Bonchev–Trinajstić information content (AvgIpc) is 2.86. The van der Waals surface area contributed by atoms with Crippen molar-refractivity contribution in [3.05, 3.63) is 90.0 Å². The van der Waals surface area contributed by atoms with Crippen molar-refractivity contribution in [3.8, 4) is 11.1 Å². The second-order valence-electron chi connectivity index (χ2n) is 8.52. The molecule has 3 N–H and O–H groups in total. The van der Waals surface area contributed by atoms with E-state index in [0.717, 1.165) is 49.3 Å². The van der Waals surface area contributed by atoms with Crippen LogP contribution in [-0.4, -0.2) is 52.3 Å². The maximum atomic E-state index is 12.5. The molecule has 8 heteroatoms. The largest absolute Gasteiger partial charge is 0.473 e. The summed E-state index contributed by atoms with van der Waals surface area (Å²) in [5.74, 6) is -3.65. The number of carboxylic acid groups (broad SMARTS) is 2. The van der Waals surface area contributed by atoms with E-state index in [1.807, 2.05) is 54.6 Å². The van der Waals surface area contributed by atoms with Gasteiger partial charge in [0.2, 0.25) is 0 Å². The first kappa shape index (κ1) is 26.4. The Hall–Kier alpha value is -4.17. The van der Waals surface area contributed by atoms with E-state index in [1.54, 1.807) is 0 Å². The van der Waals surface area contributed by atoms with Crippen LogP contribution in [0, 0.1) is 6.92 Å². The summed E-state index contributed by atoms with van der Waals surface area (Å²) in [5.41, 5.74) is 5.45. The Balaban J connectivity index is 0.000000538. The molecule has 0 atom stereocenters. The highest BCUT2D eigenvalue weighted by atomic mass is 16.6. The fraction of sp³-hybridized carbons (Fsp3) is 0.250. The fourth-order valence-electron chi connectivity index (χ4n) is 4.01. The van der Waals surface area contributed by atoms with Crippen LogP contribution in [0.25, 0.3) is 11.1 Å². The number of anilines is 1. The third-order valence-corrected chi connectivity index (χ3v) is 5.73. The average molecular weight is 491 g/mol. The number of nitrogens with zero attached hydrogens (tertiary/aromatic N) is 1. The standard InChI is InChI=1S/C26H28N2O2.C2H2O4/c1-20-8-7-9-21(18-20)19-28-16-14-23(15-17-28)30-26(29)27-25-13-6-5-12-24(25)22-10-3-2-4-11-22;3-1(4)2(5)6/h2-13,18,23H,14-17,19H2,1H3,(H,27,29);(H,3,4)(H,5,6). The molecule has 1 aliphatic rings. The Kier molecular flexibility index (Phi) is 9.59. The van der Waals surface area contributed by atoms with Crippen molar-refractivity contribution in [2.75, 3.05) is 18.4 Å². The van der Waals surface area contributed by atoms with Gasteiger partial charge < -0.3 is 14.9 Å². The predicted molar refractivity (Wildman–Crippen MR) is 137 cm³/mol. The Bertz CT molecular complexity index is 1160. The number of carbonyl (C=O) groups is 3. The second-order valence-corrected chi connectivity index (χ2v) is 8.52. The van der Waals surface area contributed by atoms with Gasteiger partial charge in [-0.05, 0) is 37.0 Å². The van der Waals surface area contributed by atoms with E-state index in [1.165, 1.54) is 11.1 Å². The molecular formula is C28H30N2O6. The molecule has 8 nitrogen and oxygen atoms in total. The van der Waals surface area contributed by atoms with Crippen molar-refractivity contribution in [1.82, 2.24) is 4.90 Å². The number of benzene rings is 3.